The third-order valence-corrected chi connectivity index (χ3v) is 6.17. The van der Waals surface area contributed by atoms with Gasteiger partial charge in [-0.2, -0.15) is 13.2 Å². The molecule has 1 aliphatic heterocycles. The van der Waals surface area contributed by atoms with Crippen molar-refractivity contribution >= 4 is 23.3 Å². The Labute approximate surface area is 206 Å². The molecular weight excluding hydrogens is 481 g/mol. The van der Waals surface area contributed by atoms with Crippen LogP contribution in [0.5, 0.6) is 5.75 Å². The molecule has 10 heteroatoms. The van der Waals surface area contributed by atoms with Gasteiger partial charge in [0.2, 0.25) is 0 Å². The second kappa shape index (κ2) is 10.1. The summed E-state index contributed by atoms with van der Waals surface area (Å²) >= 11 is 5.86. The van der Waals surface area contributed by atoms with Crippen LogP contribution in [0.4, 0.5) is 19.0 Å². The number of anilines is 1. The number of halogens is 4. The van der Waals surface area contributed by atoms with Gasteiger partial charge < -0.3 is 14.5 Å². The molecule has 0 N–H and O–H groups in total. The van der Waals surface area contributed by atoms with Crippen LogP contribution >= 0.6 is 11.6 Å². The number of piperazine rings is 1. The monoisotopic (exact) mass is 504 g/mol. The summed E-state index contributed by atoms with van der Waals surface area (Å²) in [5, 5.41) is 0.589. The van der Waals surface area contributed by atoms with E-state index in [-0.39, 0.29) is 18.3 Å². The van der Waals surface area contributed by atoms with Gasteiger partial charge in [0.05, 0.1) is 5.56 Å². The van der Waals surface area contributed by atoms with Crippen molar-refractivity contribution in [1.29, 1.82) is 0 Å². The molecule has 1 amide bonds. The Bertz CT molecular complexity index is 1210. The molecule has 3 aromatic rings. The van der Waals surface area contributed by atoms with Gasteiger partial charge >= 0.3 is 6.18 Å². The summed E-state index contributed by atoms with van der Waals surface area (Å²) in [5.41, 5.74) is 1.10. The molecule has 0 spiro atoms. The standard InChI is InChI=1S/C25H24ClF3N4O2/c1-16-17(2)30-23(18-4-3-5-19(14-18)25(27,28)29)31-24(16)33-12-10-32(11-13-33)22(34)15-35-21-8-6-20(26)7-9-21/h3-9,14H,10-13,15H2,1-2H3. The Morgan fingerprint density at radius 3 is 2.37 bits per heavy atom. The van der Waals surface area contributed by atoms with Crippen LogP contribution in [-0.2, 0) is 11.0 Å². The van der Waals surface area contributed by atoms with Crippen molar-refractivity contribution in [2.75, 3.05) is 37.7 Å². The molecule has 184 valence electrons. The van der Waals surface area contributed by atoms with E-state index in [0.717, 1.165) is 17.7 Å². The Morgan fingerprint density at radius 2 is 1.71 bits per heavy atom. The molecule has 0 aliphatic carbocycles. The van der Waals surface area contributed by atoms with Crippen molar-refractivity contribution in [2.24, 2.45) is 0 Å². The van der Waals surface area contributed by atoms with Gasteiger partial charge in [-0.25, -0.2) is 9.97 Å². The minimum Gasteiger partial charge on any atom is -0.484 e. The molecule has 0 atom stereocenters. The van der Waals surface area contributed by atoms with Crippen molar-refractivity contribution in [3.05, 3.63) is 70.4 Å². The maximum atomic E-state index is 13.2. The highest BCUT2D eigenvalue weighted by molar-refractivity contribution is 6.30. The van der Waals surface area contributed by atoms with Crippen molar-refractivity contribution in [2.45, 2.75) is 20.0 Å². The largest absolute Gasteiger partial charge is 0.484 e. The molecule has 1 aliphatic rings. The molecule has 0 saturated carbocycles. The van der Waals surface area contributed by atoms with Crippen LogP contribution in [0.3, 0.4) is 0 Å². The molecule has 1 aromatic heterocycles. The first-order valence-corrected chi connectivity index (χ1v) is 11.4. The average molecular weight is 505 g/mol. The van der Waals surface area contributed by atoms with Crippen molar-refractivity contribution in [3.63, 3.8) is 0 Å². The van der Waals surface area contributed by atoms with Gasteiger partial charge in [0.25, 0.3) is 5.91 Å². The van der Waals surface area contributed by atoms with Crippen molar-refractivity contribution < 1.29 is 22.7 Å². The Balaban J connectivity index is 1.44. The topological polar surface area (TPSA) is 58.6 Å². The van der Waals surface area contributed by atoms with Crippen molar-refractivity contribution in [1.82, 2.24) is 14.9 Å². The van der Waals surface area contributed by atoms with Crippen LogP contribution in [0.1, 0.15) is 16.8 Å². The fourth-order valence-electron chi connectivity index (χ4n) is 3.82. The van der Waals surface area contributed by atoms with Crippen LogP contribution < -0.4 is 9.64 Å². The lowest BCUT2D eigenvalue weighted by Gasteiger charge is -2.36. The lowest BCUT2D eigenvalue weighted by Crippen LogP contribution is -2.50. The molecule has 0 unspecified atom stereocenters. The first-order chi connectivity index (χ1) is 16.6. The molecule has 4 rings (SSSR count). The van der Waals surface area contributed by atoms with E-state index >= 15 is 0 Å². The third kappa shape index (κ3) is 5.85. The van der Waals surface area contributed by atoms with Crippen LogP contribution in [0, 0.1) is 13.8 Å². The minimum absolute atomic E-state index is 0.0764. The van der Waals surface area contributed by atoms with Crippen molar-refractivity contribution in [3.8, 4) is 17.1 Å². The van der Waals surface area contributed by atoms with Crippen LogP contribution in [0.25, 0.3) is 11.4 Å². The van der Waals surface area contributed by atoms with E-state index in [2.05, 4.69) is 9.97 Å². The molecule has 2 aromatic carbocycles. The Hall–Kier alpha value is -3.33. The second-order valence-electron chi connectivity index (χ2n) is 8.27. The second-order valence-corrected chi connectivity index (χ2v) is 8.71. The molecule has 1 saturated heterocycles. The first kappa shape index (κ1) is 24.8. The Morgan fingerprint density at radius 1 is 1.03 bits per heavy atom. The summed E-state index contributed by atoms with van der Waals surface area (Å²) in [6.45, 7) is 5.64. The molecule has 6 nitrogen and oxygen atoms in total. The van der Waals surface area contributed by atoms with Crippen LogP contribution in [0.15, 0.2) is 48.5 Å². The molecule has 2 heterocycles. The summed E-state index contributed by atoms with van der Waals surface area (Å²) in [4.78, 5) is 25.4. The van der Waals surface area contributed by atoms with Gasteiger partial charge in [0.15, 0.2) is 12.4 Å². The summed E-state index contributed by atoms with van der Waals surface area (Å²) < 4.78 is 45.1. The number of nitrogens with zero attached hydrogens (tertiary/aromatic N) is 4. The lowest BCUT2D eigenvalue weighted by molar-refractivity contribution is -0.137. The number of hydrogen-bond acceptors (Lipinski definition) is 5. The van der Waals surface area contributed by atoms with E-state index in [0.29, 0.717) is 54.0 Å². The predicted octanol–water partition coefficient (Wildman–Crippen LogP) is 5.16. The van der Waals surface area contributed by atoms with Crippen LogP contribution in [-0.4, -0.2) is 53.6 Å². The molecule has 0 bridgehead atoms. The fraction of sp³-hybridized carbons (Fsp3) is 0.320. The predicted molar refractivity (Wildman–Crippen MR) is 128 cm³/mol. The van der Waals surface area contributed by atoms with E-state index in [9.17, 15) is 18.0 Å². The van der Waals surface area contributed by atoms with E-state index in [1.807, 2.05) is 18.7 Å². The maximum Gasteiger partial charge on any atom is 0.416 e. The maximum absolute atomic E-state index is 13.2. The highest BCUT2D eigenvalue weighted by Crippen LogP contribution is 2.32. The number of hydrogen-bond donors (Lipinski definition) is 0. The number of rotatable bonds is 5. The zero-order chi connectivity index (χ0) is 25.2. The summed E-state index contributed by atoms with van der Waals surface area (Å²) in [6.07, 6.45) is -4.45. The smallest absolute Gasteiger partial charge is 0.416 e. The quantitative estimate of drug-likeness (QED) is 0.480. The number of carbonyl (C=O) groups is 1. The van der Waals surface area contributed by atoms with E-state index in [1.54, 1.807) is 35.2 Å². The lowest BCUT2D eigenvalue weighted by atomic mass is 10.1. The molecule has 35 heavy (non-hydrogen) atoms. The average Bonchev–Trinajstić information content (AvgIpc) is 2.85. The van der Waals surface area contributed by atoms with Gasteiger partial charge in [0, 0.05) is 48.0 Å². The molecule has 1 fully saturated rings. The van der Waals surface area contributed by atoms with E-state index in [4.69, 9.17) is 16.3 Å². The van der Waals surface area contributed by atoms with E-state index in [1.165, 1.54) is 6.07 Å². The van der Waals surface area contributed by atoms with Gasteiger partial charge in [-0.3, -0.25) is 4.79 Å². The summed E-state index contributed by atoms with van der Waals surface area (Å²) in [7, 11) is 0. The van der Waals surface area contributed by atoms with Crippen LogP contribution in [0.2, 0.25) is 5.02 Å². The van der Waals surface area contributed by atoms with E-state index < -0.39 is 11.7 Å². The van der Waals surface area contributed by atoms with Gasteiger partial charge in [-0.1, -0.05) is 23.7 Å². The van der Waals surface area contributed by atoms with Gasteiger partial charge in [0.1, 0.15) is 11.6 Å². The zero-order valence-electron chi connectivity index (χ0n) is 19.3. The number of carbonyl (C=O) groups excluding carboxylic acids is 1. The summed E-state index contributed by atoms with van der Waals surface area (Å²) in [6, 6.07) is 11.8. The third-order valence-electron chi connectivity index (χ3n) is 5.92. The fourth-order valence-corrected chi connectivity index (χ4v) is 3.95. The number of amides is 1. The number of ether oxygens (including phenoxy) is 1. The van der Waals surface area contributed by atoms with Gasteiger partial charge in [-0.05, 0) is 50.2 Å². The van der Waals surface area contributed by atoms with Gasteiger partial charge in [-0.15, -0.1) is 0 Å². The number of alkyl halides is 3. The number of benzene rings is 2. The molecular formula is C25H24ClF3N4O2. The normalized spacial score (nSPS) is 14.2. The first-order valence-electron chi connectivity index (χ1n) is 11.1. The SMILES string of the molecule is Cc1nc(-c2cccc(C(F)(F)F)c2)nc(N2CCN(C(=O)COc3ccc(Cl)cc3)CC2)c1C. The highest BCUT2D eigenvalue weighted by atomic mass is 35.5. The highest BCUT2D eigenvalue weighted by Gasteiger charge is 2.31. The summed E-state index contributed by atoms with van der Waals surface area (Å²) in [5.74, 6) is 1.34. The Kier molecular flexibility index (Phi) is 7.16. The number of aryl methyl sites for hydroxylation is 1. The zero-order valence-corrected chi connectivity index (χ0v) is 20.0. The minimum atomic E-state index is -4.45. The number of aromatic nitrogens is 2. The molecule has 0 radical (unpaired) electrons.